The van der Waals surface area contributed by atoms with Crippen molar-refractivity contribution in [1.82, 2.24) is 0 Å². The van der Waals surface area contributed by atoms with Crippen molar-refractivity contribution < 1.29 is 4.42 Å². The molecule has 2 heterocycles. The minimum Gasteiger partial charge on any atom is -0.456 e. The Morgan fingerprint density at radius 3 is 1.78 bits per heavy atom. The molecule has 1 aliphatic heterocycles. The second-order valence-corrected chi connectivity index (χ2v) is 16.2. The van der Waals surface area contributed by atoms with Crippen LogP contribution in [0, 0.1) is 0 Å². The van der Waals surface area contributed by atoms with Crippen LogP contribution in [-0.2, 0) is 23.7 Å². The average molecular weight is 700 g/mol. The topological polar surface area (TPSA) is 16.4 Å². The Labute approximate surface area is 318 Å². The Morgan fingerprint density at radius 2 is 1.02 bits per heavy atom. The lowest BCUT2D eigenvalue weighted by Crippen LogP contribution is -2.54. The number of anilines is 3. The van der Waals surface area contributed by atoms with E-state index >= 15 is 0 Å². The number of fused-ring (bicyclic) bond motifs is 5. The summed E-state index contributed by atoms with van der Waals surface area (Å²) in [4.78, 5) is 2.60. The van der Waals surface area contributed by atoms with E-state index in [-0.39, 0.29) is 0 Å². The van der Waals surface area contributed by atoms with Crippen LogP contribution in [0.3, 0.4) is 0 Å². The van der Waals surface area contributed by atoms with Gasteiger partial charge in [0.05, 0.1) is 27.9 Å². The van der Waals surface area contributed by atoms with E-state index in [1.165, 1.54) is 106 Å². The van der Waals surface area contributed by atoms with Crippen LogP contribution >= 0.6 is 0 Å². The Hall–Kier alpha value is -6.64. The van der Waals surface area contributed by atoms with Crippen LogP contribution in [-0.4, -0.2) is 0 Å². The second-order valence-electron chi connectivity index (χ2n) is 16.2. The molecule has 55 heavy (non-hydrogen) atoms. The first-order valence-electron chi connectivity index (χ1n) is 19.7. The van der Waals surface area contributed by atoms with E-state index in [0.29, 0.717) is 0 Å². The molecular formula is C53H33NO. The number of benzene rings is 9. The fourth-order valence-corrected chi connectivity index (χ4v) is 12.1. The molecule has 1 aromatic heterocycles. The quantitative estimate of drug-likeness (QED) is 0.167. The number of furan rings is 1. The van der Waals surface area contributed by atoms with E-state index in [1.807, 2.05) is 0 Å². The van der Waals surface area contributed by atoms with Gasteiger partial charge in [0.1, 0.15) is 11.2 Å². The molecule has 2 bridgehead atoms. The van der Waals surface area contributed by atoms with Crippen molar-refractivity contribution in [3.63, 3.8) is 0 Å². The molecule has 0 atom stereocenters. The molecule has 10 aromatic rings. The highest BCUT2D eigenvalue weighted by molar-refractivity contribution is 6.33. The number of nitrogens with zero attached hydrogens (tertiary/aromatic N) is 1. The molecule has 2 nitrogen and oxygen atoms in total. The molecule has 9 aromatic carbocycles. The molecule has 256 valence electrons. The maximum Gasteiger partial charge on any atom is 0.138 e. The lowest BCUT2D eigenvalue weighted by Gasteiger charge is -2.60. The highest BCUT2D eigenvalue weighted by Gasteiger charge is 2.63. The van der Waals surface area contributed by atoms with Gasteiger partial charge in [-0.05, 0) is 115 Å². The minimum absolute atomic E-state index is 0.467. The third-order valence-corrected chi connectivity index (χ3v) is 13.9. The largest absolute Gasteiger partial charge is 0.456 e. The van der Waals surface area contributed by atoms with Crippen molar-refractivity contribution in [3.05, 3.63) is 219 Å². The Kier molecular flexibility index (Phi) is 5.09. The van der Waals surface area contributed by atoms with Crippen molar-refractivity contribution in [1.29, 1.82) is 0 Å². The predicted octanol–water partition coefficient (Wildman–Crippen LogP) is 13.0. The summed E-state index contributed by atoms with van der Waals surface area (Å²) in [6, 6.07) is 62.5. The van der Waals surface area contributed by atoms with Crippen LogP contribution in [0.5, 0.6) is 0 Å². The molecule has 0 unspecified atom stereocenters. The fraction of sp³-hybridized carbons (Fsp3) is 0.0943. The Balaban J connectivity index is 1.18. The third-order valence-electron chi connectivity index (χ3n) is 13.9. The molecular weight excluding hydrogens is 667 g/mol. The van der Waals surface area contributed by atoms with E-state index in [9.17, 15) is 0 Å². The first-order chi connectivity index (χ1) is 27.3. The zero-order valence-corrected chi connectivity index (χ0v) is 30.1. The SMILES string of the molecule is c1ccc(C23c4ccccc4C4(c5cc6c(cc5N(c5cc7oc8cccc9c%10ccccc%10c(c5)c7c89)c5cccc2c54)CCC6)c2ccccc23)cc1. The number of hydrogen-bond donors (Lipinski definition) is 0. The van der Waals surface area contributed by atoms with Gasteiger partial charge in [-0.25, -0.2) is 0 Å². The molecule has 0 saturated carbocycles. The summed E-state index contributed by atoms with van der Waals surface area (Å²) in [5, 5.41) is 7.47. The highest BCUT2D eigenvalue weighted by Crippen LogP contribution is 2.71. The second kappa shape index (κ2) is 9.71. The van der Waals surface area contributed by atoms with Gasteiger partial charge in [-0.1, -0.05) is 133 Å². The van der Waals surface area contributed by atoms with Crippen molar-refractivity contribution in [2.24, 2.45) is 0 Å². The number of rotatable bonds is 2. The molecule has 15 rings (SSSR count). The zero-order valence-electron chi connectivity index (χ0n) is 30.1. The number of hydrogen-bond acceptors (Lipinski definition) is 2. The molecule has 2 heteroatoms. The van der Waals surface area contributed by atoms with Gasteiger partial charge in [0.15, 0.2) is 0 Å². The monoisotopic (exact) mass is 699 g/mol. The summed E-state index contributed by atoms with van der Waals surface area (Å²) in [7, 11) is 0. The molecule has 1 spiro atoms. The van der Waals surface area contributed by atoms with Gasteiger partial charge in [0.2, 0.25) is 0 Å². The van der Waals surface area contributed by atoms with E-state index in [2.05, 4.69) is 169 Å². The lowest BCUT2D eigenvalue weighted by atomic mass is 9.43. The van der Waals surface area contributed by atoms with Gasteiger partial charge in [-0.3, -0.25) is 0 Å². The number of aryl methyl sites for hydroxylation is 2. The van der Waals surface area contributed by atoms with Crippen LogP contribution in [0.25, 0.3) is 43.5 Å². The zero-order chi connectivity index (χ0) is 35.6. The molecule has 0 radical (unpaired) electrons. The van der Waals surface area contributed by atoms with Gasteiger partial charge in [0, 0.05) is 22.4 Å². The lowest BCUT2D eigenvalue weighted by molar-refractivity contribution is 0.553. The summed E-state index contributed by atoms with van der Waals surface area (Å²) in [5.41, 5.74) is 18.7. The molecule has 4 aliphatic carbocycles. The Morgan fingerprint density at radius 1 is 0.418 bits per heavy atom. The van der Waals surface area contributed by atoms with Crippen LogP contribution < -0.4 is 4.90 Å². The molecule has 0 N–H and O–H groups in total. The highest BCUT2D eigenvalue weighted by atomic mass is 16.3. The van der Waals surface area contributed by atoms with Crippen molar-refractivity contribution >= 4 is 60.5 Å². The van der Waals surface area contributed by atoms with Gasteiger partial charge in [-0.2, -0.15) is 0 Å². The van der Waals surface area contributed by atoms with Crippen molar-refractivity contribution in [2.45, 2.75) is 30.1 Å². The van der Waals surface area contributed by atoms with Crippen LogP contribution in [0.4, 0.5) is 17.1 Å². The van der Waals surface area contributed by atoms with Gasteiger partial charge < -0.3 is 9.32 Å². The third kappa shape index (κ3) is 3.13. The maximum atomic E-state index is 6.83. The summed E-state index contributed by atoms with van der Waals surface area (Å²) >= 11 is 0. The van der Waals surface area contributed by atoms with E-state index < -0.39 is 10.8 Å². The summed E-state index contributed by atoms with van der Waals surface area (Å²) in [6.07, 6.45) is 3.44. The van der Waals surface area contributed by atoms with Crippen LogP contribution in [0.1, 0.15) is 62.1 Å². The molecule has 0 amide bonds. The summed E-state index contributed by atoms with van der Waals surface area (Å²) in [6.45, 7) is 0. The normalized spacial score (nSPS) is 19.9. The van der Waals surface area contributed by atoms with E-state index in [4.69, 9.17) is 4.42 Å². The van der Waals surface area contributed by atoms with E-state index in [1.54, 1.807) is 0 Å². The van der Waals surface area contributed by atoms with Crippen molar-refractivity contribution in [2.75, 3.05) is 4.90 Å². The predicted molar refractivity (Wildman–Crippen MR) is 224 cm³/mol. The average Bonchev–Trinajstić information content (AvgIpc) is 3.88. The first kappa shape index (κ1) is 28.8. The Bertz CT molecular complexity index is 3260. The van der Waals surface area contributed by atoms with Crippen LogP contribution in [0.2, 0.25) is 0 Å². The van der Waals surface area contributed by atoms with E-state index in [0.717, 1.165) is 29.7 Å². The summed E-state index contributed by atoms with van der Waals surface area (Å²) in [5.74, 6) is 0. The minimum atomic E-state index is -0.474. The van der Waals surface area contributed by atoms with Gasteiger partial charge in [-0.15, -0.1) is 0 Å². The smallest absolute Gasteiger partial charge is 0.138 e. The van der Waals surface area contributed by atoms with Gasteiger partial charge in [0.25, 0.3) is 0 Å². The molecule has 5 aliphatic rings. The van der Waals surface area contributed by atoms with Crippen molar-refractivity contribution in [3.8, 4) is 0 Å². The summed E-state index contributed by atoms with van der Waals surface area (Å²) < 4.78 is 6.83. The molecule has 0 fully saturated rings. The first-order valence-corrected chi connectivity index (χ1v) is 19.7. The molecule has 0 saturated heterocycles. The van der Waals surface area contributed by atoms with Crippen LogP contribution in [0.15, 0.2) is 168 Å². The van der Waals surface area contributed by atoms with Gasteiger partial charge >= 0.3 is 0 Å². The standard InChI is InChI=1S/C53H33NO/c1-2-15-33(16-3-1)52-39-20-6-8-22-41(39)53(42-23-9-7-21-40(42)52)44-27-31-13-10-14-32(31)28-46(44)54(45-25-12-24-43(52)51(45)53)34-29-38-36-18-5-4-17-35(36)37-19-11-26-47-49(37)50(38)48(30-34)55-47/h1-9,11-12,15-30H,10,13-14H2. The maximum absolute atomic E-state index is 6.83. The fourth-order valence-electron chi connectivity index (χ4n) is 12.1.